The van der Waals surface area contributed by atoms with Crippen molar-refractivity contribution >= 4 is 5.97 Å². The van der Waals surface area contributed by atoms with E-state index in [0.717, 1.165) is 12.2 Å². The number of imidazole rings is 1. The molecule has 1 atom stereocenters. The largest absolute Gasteiger partial charge is 0.481 e. The summed E-state index contributed by atoms with van der Waals surface area (Å²) in [6.07, 6.45) is 4.58. The highest BCUT2D eigenvalue weighted by molar-refractivity contribution is 5.67. The molecule has 84 valence electrons. The number of hydrogen-bond donors (Lipinski definition) is 1. The molecule has 0 saturated heterocycles. The molecule has 0 aliphatic rings. The maximum Gasteiger partial charge on any atom is 0.304 e. The Morgan fingerprint density at radius 1 is 1.60 bits per heavy atom. The molecule has 1 N–H and O–H groups in total. The predicted octanol–water partition coefficient (Wildman–Crippen LogP) is 2.02. The zero-order chi connectivity index (χ0) is 11.4. The average molecular weight is 210 g/mol. The Kier molecular flexibility index (Phi) is 3.88. The lowest BCUT2D eigenvalue weighted by Gasteiger charge is -2.16. The zero-order valence-electron chi connectivity index (χ0n) is 9.47. The van der Waals surface area contributed by atoms with E-state index in [1.54, 1.807) is 6.20 Å². The maximum atomic E-state index is 10.8. The monoisotopic (exact) mass is 210 g/mol. The van der Waals surface area contributed by atoms with Crippen LogP contribution in [-0.2, 0) is 11.8 Å². The third-order valence-electron chi connectivity index (χ3n) is 2.40. The van der Waals surface area contributed by atoms with Gasteiger partial charge in [-0.05, 0) is 12.3 Å². The van der Waals surface area contributed by atoms with E-state index >= 15 is 0 Å². The van der Waals surface area contributed by atoms with E-state index in [9.17, 15) is 4.79 Å². The van der Waals surface area contributed by atoms with Crippen LogP contribution in [0.4, 0.5) is 0 Å². The van der Waals surface area contributed by atoms with Gasteiger partial charge in [0, 0.05) is 25.4 Å². The first-order valence-corrected chi connectivity index (χ1v) is 5.19. The molecular weight excluding hydrogens is 192 g/mol. The van der Waals surface area contributed by atoms with Crippen LogP contribution in [0.3, 0.4) is 0 Å². The maximum absolute atomic E-state index is 10.8. The van der Waals surface area contributed by atoms with Crippen LogP contribution in [0.2, 0.25) is 0 Å². The highest BCUT2D eigenvalue weighted by atomic mass is 16.4. The van der Waals surface area contributed by atoms with Crippen LogP contribution < -0.4 is 0 Å². The predicted molar refractivity (Wildman–Crippen MR) is 57.7 cm³/mol. The minimum Gasteiger partial charge on any atom is -0.481 e. The minimum atomic E-state index is -0.761. The molecule has 1 aromatic rings. The quantitative estimate of drug-likeness (QED) is 0.809. The fraction of sp³-hybridized carbons (Fsp3) is 0.636. The van der Waals surface area contributed by atoms with Gasteiger partial charge in [0.15, 0.2) is 0 Å². The van der Waals surface area contributed by atoms with E-state index in [0.29, 0.717) is 5.92 Å². The second-order valence-electron chi connectivity index (χ2n) is 4.32. The summed E-state index contributed by atoms with van der Waals surface area (Å²) in [6, 6.07) is 0. The van der Waals surface area contributed by atoms with Crippen molar-refractivity contribution in [1.82, 2.24) is 9.55 Å². The first kappa shape index (κ1) is 11.8. The second-order valence-corrected chi connectivity index (χ2v) is 4.32. The van der Waals surface area contributed by atoms with E-state index in [-0.39, 0.29) is 12.3 Å². The number of carboxylic acids is 1. The number of carbonyl (C=O) groups is 1. The van der Waals surface area contributed by atoms with Gasteiger partial charge in [-0.1, -0.05) is 13.8 Å². The number of rotatable bonds is 5. The third kappa shape index (κ3) is 3.38. The van der Waals surface area contributed by atoms with Gasteiger partial charge in [-0.2, -0.15) is 0 Å². The zero-order valence-corrected chi connectivity index (χ0v) is 9.47. The number of aryl methyl sites for hydroxylation is 1. The molecular formula is C11H18N2O2. The molecule has 0 aliphatic carbocycles. The van der Waals surface area contributed by atoms with Gasteiger partial charge in [0.1, 0.15) is 5.82 Å². The summed E-state index contributed by atoms with van der Waals surface area (Å²) in [4.78, 5) is 15.0. The smallest absolute Gasteiger partial charge is 0.304 e. The van der Waals surface area contributed by atoms with Crippen molar-refractivity contribution in [3.05, 3.63) is 18.2 Å². The summed E-state index contributed by atoms with van der Waals surface area (Å²) < 4.78 is 1.90. The highest BCUT2D eigenvalue weighted by Gasteiger charge is 2.20. The van der Waals surface area contributed by atoms with E-state index in [1.807, 2.05) is 17.8 Å². The molecule has 15 heavy (non-hydrogen) atoms. The van der Waals surface area contributed by atoms with Gasteiger partial charge in [0.2, 0.25) is 0 Å². The van der Waals surface area contributed by atoms with E-state index < -0.39 is 5.97 Å². The van der Waals surface area contributed by atoms with Crippen molar-refractivity contribution in [2.24, 2.45) is 13.0 Å². The van der Waals surface area contributed by atoms with E-state index in [4.69, 9.17) is 5.11 Å². The van der Waals surface area contributed by atoms with Gasteiger partial charge in [-0.15, -0.1) is 0 Å². The Bertz CT molecular complexity index is 331. The molecule has 0 amide bonds. The number of aliphatic carboxylic acids is 1. The lowest BCUT2D eigenvalue weighted by molar-refractivity contribution is -0.137. The average Bonchev–Trinajstić information content (AvgIpc) is 2.48. The van der Waals surface area contributed by atoms with Gasteiger partial charge in [-0.25, -0.2) is 4.98 Å². The summed E-state index contributed by atoms with van der Waals surface area (Å²) in [7, 11) is 1.90. The van der Waals surface area contributed by atoms with Gasteiger partial charge < -0.3 is 9.67 Å². The van der Waals surface area contributed by atoms with Gasteiger partial charge in [0.05, 0.1) is 6.42 Å². The Balaban J connectivity index is 2.81. The van der Waals surface area contributed by atoms with Crippen LogP contribution >= 0.6 is 0 Å². The van der Waals surface area contributed by atoms with Crippen molar-refractivity contribution in [1.29, 1.82) is 0 Å². The van der Waals surface area contributed by atoms with Crippen molar-refractivity contribution in [2.75, 3.05) is 0 Å². The summed E-state index contributed by atoms with van der Waals surface area (Å²) in [5, 5.41) is 8.85. The topological polar surface area (TPSA) is 55.1 Å². The molecule has 4 heteroatoms. The Morgan fingerprint density at radius 3 is 2.67 bits per heavy atom. The molecule has 1 rings (SSSR count). The van der Waals surface area contributed by atoms with Crippen LogP contribution in [-0.4, -0.2) is 20.6 Å². The normalized spacial score (nSPS) is 13.1. The van der Waals surface area contributed by atoms with Crippen molar-refractivity contribution in [3.8, 4) is 0 Å². The molecule has 0 fully saturated rings. The van der Waals surface area contributed by atoms with Gasteiger partial charge in [0.25, 0.3) is 0 Å². The fourth-order valence-electron chi connectivity index (χ4n) is 1.83. The molecule has 0 aromatic carbocycles. The molecule has 0 aliphatic heterocycles. The van der Waals surface area contributed by atoms with E-state index in [1.165, 1.54) is 0 Å². The van der Waals surface area contributed by atoms with Crippen LogP contribution in [0, 0.1) is 5.92 Å². The van der Waals surface area contributed by atoms with Crippen molar-refractivity contribution in [3.63, 3.8) is 0 Å². The molecule has 1 unspecified atom stereocenters. The summed E-state index contributed by atoms with van der Waals surface area (Å²) in [5.41, 5.74) is 0. The molecule has 0 saturated carbocycles. The van der Waals surface area contributed by atoms with Crippen LogP contribution in [0.1, 0.15) is 38.4 Å². The molecule has 1 aromatic heterocycles. The number of aromatic nitrogens is 2. The fourth-order valence-corrected chi connectivity index (χ4v) is 1.83. The molecule has 0 spiro atoms. The molecule has 4 nitrogen and oxygen atoms in total. The molecule has 0 bridgehead atoms. The third-order valence-corrected chi connectivity index (χ3v) is 2.40. The Labute approximate surface area is 89.9 Å². The lowest BCUT2D eigenvalue weighted by Crippen LogP contribution is -2.13. The number of hydrogen-bond acceptors (Lipinski definition) is 2. The lowest BCUT2D eigenvalue weighted by atomic mass is 9.93. The van der Waals surface area contributed by atoms with E-state index in [2.05, 4.69) is 18.8 Å². The SMILES string of the molecule is CC(C)CC(CC(=O)O)c1nccn1C. The first-order valence-electron chi connectivity index (χ1n) is 5.19. The van der Waals surface area contributed by atoms with Crippen LogP contribution in [0.5, 0.6) is 0 Å². The number of carboxylic acid groups (broad SMARTS) is 1. The molecule has 1 heterocycles. The minimum absolute atomic E-state index is 0.0162. The van der Waals surface area contributed by atoms with Crippen molar-refractivity contribution in [2.45, 2.75) is 32.6 Å². The number of nitrogens with zero attached hydrogens (tertiary/aromatic N) is 2. The standard InChI is InChI=1S/C11H18N2O2/c1-8(2)6-9(7-10(14)15)11-12-4-5-13(11)3/h4-5,8-9H,6-7H2,1-3H3,(H,14,15). The van der Waals surface area contributed by atoms with Gasteiger partial charge in [-0.3, -0.25) is 4.79 Å². The Hall–Kier alpha value is -1.32. The highest BCUT2D eigenvalue weighted by Crippen LogP contribution is 2.25. The summed E-state index contributed by atoms with van der Waals surface area (Å²) in [5.74, 6) is 0.600. The Morgan fingerprint density at radius 2 is 2.27 bits per heavy atom. The first-order chi connectivity index (χ1) is 7.00. The summed E-state index contributed by atoms with van der Waals surface area (Å²) >= 11 is 0. The molecule has 0 radical (unpaired) electrons. The summed E-state index contributed by atoms with van der Waals surface area (Å²) in [6.45, 7) is 4.19. The van der Waals surface area contributed by atoms with Crippen LogP contribution in [0.25, 0.3) is 0 Å². The van der Waals surface area contributed by atoms with Gasteiger partial charge >= 0.3 is 5.97 Å². The van der Waals surface area contributed by atoms with Crippen LogP contribution in [0.15, 0.2) is 12.4 Å². The second kappa shape index (κ2) is 4.96. The van der Waals surface area contributed by atoms with Crippen molar-refractivity contribution < 1.29 is 9.90 Å².